The molecule has 7 heteroatoms. The van der Waals surface area contributed by atoms with Crippen LogP contribution >= 0.6 is 45.2 Å². The Bertz CT molecular complexity index is 448. The molecule has 0 aromatic carbocycles. The molecule has 108 valence electrons. The smallest absolute Gasteiger partial charge is 0.327 e. The van der Waals surface area contributed by atoms with Crippen LogP contribution in [0.15, 0.2) is 6.33 Å². The monoisotopic (exact) mass is 491 g/mol. The van der Waals surface area contributed by atoms with Gasteiger partial charge in [0.2, 0.25) is 0 Å². The fourth-order valence-corrected chi connectivity index (χ4v) is 2.76. The van der Waals surface area contributed by atoms with E-state index in [0.717, 1.165) is 7.40 Å². The average Bonchev–Trinajstić information content (AvgIpc) is 2.60. The van der Waals surface area contributed by atoms with Crippen LogP contribution in [-0.4, -0.2) is 33.7 Å². The fraction of sp³-hybridized carbons (Fsp3) is 0.667. The van der Waals surface area contributed by atoms with E-state index >= 15 is 0 Å². The van der Waals surface area contributed by atoms with Gasteiger partial charge in [-0.3, -0.25) is 5.32 Å². The Hall–Kier alpha value is 0.100. The van der Waals surface area contributed by atoms with Gasteiger partial charge in [0, 0.05) is 6.04 Å². The van der Waals surface area contributed by atoms with Crippen molar-refractivity contribution in [2.45, 2.75) is 45.8 Å². The zero-order valence-electron chi connectivity index (χ0n) is 11.5. The number of hydrogen-bond acceptors (Lipinski definition) is 4. The highest BCUT2D eigenvalue weighted by molar-refractivity contribution is 14.1. The maximum atomic E-state index is 12.2. The molecule has 0 aliphatic rings. The van der Waals surface area contributed by atoms with E-state index in [4.69, 9.17) is 4.74 Å². The lowest BCUT2D eigenvalue weighted by atomic mass is 10.0. The van der Waals surface area contributed by atoms with Crippen LogP contribution in [0.1, 0.15) is 27.7 Å². The molecule has 0 aliphatic heterocycles. The van der Waals surface area contributed by atoms with E-state index in [-0.39, 0.29) is 12.0 Å². The number of imidazole rings is 1. The lowest BCUT2D eigenvalue weighted by molar-refractivity contribution is -0.151. The Kier molecular flexibility index (Phi) is 6.51. The summed E-state index contributed by atoms with van der Waals surface area (Å²) in [5.74, 6) is -0.233. The molecule has 1 aromatic rings. The number of aromatic nitrogens is 2. The van der Waals surface area contributed by atoms with Crippen molar-refractivity contribution in [2.75, 3.05) is 6.61 Å². The maximum absolute atomic E-state index is 12.2. The lowest BCUT2D eigenvalue weighted by Gasteiger charge is -2.31. The van der Waals surface area contributed by atoms with Crippen molar-refractivity contribution < 1.29 is 9.53 Å². The molecule has 1 heterocycles. The number of hydrogen-bond donors (Lipinski definition) is 1. The molecule has 5 nitrogen and oxygen atoms in total. The van der Waals surface area contributed by atoms with E-state index in [1.165, 1.54) is 0 Å². The zero-order chi connectivity index (χ0) is 14.6. The number of carbonyl (C=O) groups excluding carboxylic acids is 1. The van der Waals surface area contributed by atoms with Crippen LogP contribution in [0.5, 0.6) is 0 Å². The number of nitrogens with zero attached hydrogens (tertiary/aromatic N) is 2. The summed E-state index contributed by atoms with van der Waals surface area (Å²) in [7, 11) is 0. The second kappa shape index (κ2) is 7.21. The minimum Gasteiger partial charge on any atom is -0.465 e. The first-order chi connectivity index (χ1) is 8.80. The Morgan fingerprint density at radius 1 is 1.58 bits per heavy atom. The third-order valence-electron chi connectivity index (χ3n) is 2.55. The van der Waals surface area contributed by atoms with Gasteiger partial charge in [0.1, 0.15) is 12.9 Å². The highest BCUT2D eigenvalue weighted by Gasteiger charge is 2.36. The fourth-order valence-electron chi connectivity index (χ4n) is 1.89. The Labute approximate surface area is 141 Å². The zero-order valence-corrected chi connectivity index (χ0v) is 15.9. The first-order valence-corrected chi connectivity index (χ1v) is 8.27. The molecule has 0 spiro atoms. The summed E-state index contributed by atoms with van der Waals surface area (Å²) in [5.41, 5.74) is -0.756. The third-order valence-corrected chi connectivity index (χ3v) is 5.50. The predicted octanol–water partition coefficient (Wildman–Crippen LogP) is 2.41. The van der Waals surface area contributed by atoms with Crippen molar-refractivity contribution in [1.82, 2.24) is 14.9 Å². The van der Waals surface area contributed by atoms with Crippen LogP contribution in [0, 0.1) is 7.40 Å². The normalized spacial score (nSPS) is 14.5. The number of nitrogens with one attached hydrogen (secondary N) is 1. The van der Waals surface area contributed by atoms with Gasteiger partial charge in [-0.05, 0) is 72.9 Å². The SMILES string of the molecule is CCOC(=O)C(C)(Cn1cnc(I)c1I)NC(C)C. The average molecular weight is 491 g/mol. The van der Waals surface area contributed by atoms with Crippen molar-refractivity contribution in [3.8, 4) is 0 Å². The standard InChI is InChI=1S/C12H19I2N3O2/c1-5-19-11(18)12(4,16-8(2)3)6-17-7-15-9(13)10(17)14/h7-8,16H,5-6H2,1-4H3. The van der Waals surface area contributed by atoms with Crippen molar-refractivity contribution in [1.29, 1.82) is 0 Å². The van der Waals surface area contributed by atoms with Gasteiger partial charge in [-0.25, -0.2) is 9.78 Å². The first-order valence-electron chi connectivity index (χ1n) is 6.11. The Balaban J connectivity index is 2.97. The molecule has 0 saturated carbocycles. The second-order valence-corrected chi connectivity index (χ2v) is 6.85. The van der Waals surface area contributed by atoms with Gasteiger partial charge >= 0.3 is 5.97 Å². The van der Waals surface area contributed by atoms with Crippen LogP contribution in [0.25, 0.3) is 0 Å². The molecule has 0 fully saturated rings. The summed E-state index contributed by atoms with van der Waals surface area (Å²) in [6.45, 7) is 8.59. The Morgan fingerprint density at radius 3 is 2.63 bits per heavy atom. The molecule has 1 aromatic heterocycles. The summed E-state index contributed by atoms with van der Waals surface area (Å²) < 4.78 is 9.12. The number of rotatable bonds is 6. The molecule has 0 saturated heterocycles. The molecule has 1 rings (SSSR count). The van der Waals surface area contributed by atoms with Gasteiger partial charge in [-0.2, -0.15) is 0 Å². The molecule has 0 bridgehead atoms. The van der Waals surface area contributed by atoms with E-state index in [9.17, 15) is 4.79 Å². The second-order valence-electron chi connectivity index (χ2n) is 4.81. The highest BCUT2D eigenvalue weighted by Crippen LogP contribution is 2.18. The van der Waals surface area contributed by atoms with Crippen molar-refractivity contribution in [3.05, 3.63) is 13.7 Å². The van der Waals surface area contributed by atoms with E-state index in [0.29, 0.717) is 13.2 Å². The molecule has 1 unspecified atom stereocenters. The van der Waals surface area contributed by atoms with E-state index in [2.05, 4.69) is 55.5 Å². The molecular weight excluding hydrogens is 472 g/mol. The van der Waals surface area contributed by atoms with E-state index in [1.54, 1.807) is 6.33 Å². The number of ether oxygens (including phenoxy) is 1. The van der Waals surface area contributed by atoms with Gasteiger partial charge < -0.3 is 9.30 Å². The molecular formula is C12H19I2N3O2. The van der Waals surface area contributed by atoms with Crippen LogP contribution in [0.3, 0.4) is 0 Å². The number of esters is 1. The van der Waals surface area contributed by atoms with Gasteiger partial charge in [0.15, 0.2) is 0 Å². The predicted molar refractivity (Wildman–Crippen MR) is 91.0 cm³/mol. The summed E-state index contributed by atoms with van der Waals surface area (Å²) in [4.78, 5) is 16.4. The maximum Gasteiger partial charge on any atom is 0.327 e. The third kappa shape index (κ3) is 4.55. The van der Waals surface area contributed by atoms with E-state index in [1.807, 2.05) is 32.3 Å². The summed E-state index contributed by atoms with van der Waals surface area (Å²) >= 11 is 4.41. The summed E-state index contributed by atoms with van der Waals surface area (Å²) in [6.07, 6.45) is 1.75. The first kappa shape index (κ1) is 17.2. The molecule has 0 aliphatic carbocycles. The number of carbonyl (C=O) groups is 1. The minimum atomic E-state index is -0.756. The van der Waals surface area contributed by atoms with Crippen molar-refractivity contribution in [3.63, 3.8) is 0 Å². The van der Waals surface area contributed by atoms with Gasteiger partial charge in [-0.1, -0.05) is 0 Å². The van der Waals surface area contributed by atoms with Gasteiger partial charge in [0.05, 0.1) is 19.5 Å². The molecule has 1 N–H and O–H groups in total. The lowest BCUT2D eigenvalue weighted by Crippen LogP contribution is -2.56. The number of halogens is 2. The molecule has 0 radical (unpaired) electrons. The molecule has 19 heavy (non-hydrogen) atoms. The van der Waals surface area contributed by atoms with Gasteiger partial charge in [0.25, 0.3) is 0 Å². The summed E-state index contributed by atoms with van der Waals surface area (Å²) in [5, 5.41) is 3.30. The van der Waals surface area contributed by atoms with Gasteiger partial charge in [-0.15, -0.1) is 0 Å². The van der Waals surface area contributed by atoms with Crippen LogP contribution in [0.4, 0.5) is 0 Å². The quantitative estimate of drug-likeness (QED) is 0.491. The highest BCUT2D eigenvalue weighted by atomic mass is 127. The Morgan fingerprint density at radius 2 is 2.21 bits per heavy atom. The van der Waals surface area contributed by atoms with Crippen LogP contribution < -0.4 is 5.32 Å². The van der Waals surface area contributed by atoms with E-state index < -0.39 is 5.54 Å². The van der Waals surface area contributed by atoms with Crippen LogP contribution in [0.2, 0.25) is 0 Å². The topological polar surface area (TPSA) is 56.2 Å². The van der Waals surface area contributed by atoms with Crippen molar-refractivity contribution >= 4 is 51.2 Å². The summed E-state index contributed by atoms with van der Waals surface area (Å²) in [6, 6.07) is 0.190. The molecule has 1 atom stereocenters. The molecule has 0 amide bonds. The largest absolute Gasteiger partial charge is 0.465 e. The van der Waals surface area contributed by atoms with Crippen LogP contribution in [-0.2, 0) is 16.1 Å². The minimum absolute atomic E-state index is 0.190. The van der Waals surface area contributed by atoms with Crippen molar-refractivity contribution in [2.24, 2.45) is 0 Å².